The zero-order chi connectivity index (χ0) is 29.6. The van der Waals surface area contributed by atoms with Crippen LogP contribution in [0.1, 0.15) is 6.42 Å². The van der Waals surface area contributed by atoms with Crippen molar-refractivity contribution >= 4 is 47.4 Å². The first-order valence-corrected chi connectivity index (χ1v) is 19.0. The van der Waals surface area contributed by atoms with E-state index in [4.69, 9.17) is 0 Å². The van der Waals surface area contributed by atoms with Crippen LogP contribution >= 0.6 is 14.8 Å². The number of rotatable bonds is 12. The molecule has 0 heterocycles. The first kappa shape index (κ1) is 31.2. The topological polar surface area (TPSA) is 13.0 Å². The number of benzene rings is 4. The maximum absolute atomic E-state index is 2.57. The summed E-state index contributed by atoms with van der Waals surface area (Å²) in [5.41, 5.74) is 2.49. The molecule has 0 fully saturated rings. The molecule has 0 spiro atoms. The average molecular weight is 589 g/mol. The Hall–Kier alpha value is -2.74. The Morgan fingerprint density at radius 2 is 0.683 bits per heavy atom. The number of anilines is 2. The van der Waals surface area contributed by atoms with Gasteiger partial charge in [-0.15, -0.1) is 0 Å². The number of hydrogen-bond acceptors (Lipinski definition) is 4. The van der Waals surface area contributed by atoms with Crippen molar-refractivity contribution in [3.63, 3.8) is 0 Å². The van der Waals surface area contributed by atoms with Crippen molar-refractivity contribution in [3.8, 4) is 0 Å². The summed E-state index contributed by atoms with van der Waals surface area (Å²) in [7, 11) is 13.2. The molecule has 0 saturated heterocycles. The Morgan fingerprint density at radius 3 is 0.951 bits per heavy atom. The molecule has 0 aliphatic rings. The molecular weight excluding hydrogens is 538 g/mol. The van der Waals surface area contributed by atoms with Crippen LogP contribution in [0.25, 0.3) is 0 Å². The molecule has 0 aliphatic heterocycles. The van der Waals surface area contributed by atoms with E-state index in [1.54, 1.807) is 0 Å². The van der Waals surface area contributed by atoms with Crippen LogP contribution in [0.15, 0.2) is 109 Å². The van der Waals surface area contributed by atoms with Gasteiger partial charge in [0.05, 0.1) is 0 Å². The Balaban J connectivity index is 1.79. The van der Waals surface area contributed by atoms with Crippen LogP contribution in [0.5, 0.6) is 0 Å². The van der Waals surface area contributed by atoms with Crippen LogP contribution in [0.3, 0.4) is 0 Å². The fourth-order valence-corrected chi connectivity index (χ4v) is 15.9. The third kappa shape index (κ3) is 6.37. The predicted octanol–water partition coefficient (Wildman–Crippen LogP) is 5.26. The van der Waals surface area contributed by atoms with Crippen molar-refractivity contribution in [2.24, 2.45) is 0 Å². The van der Waals surface area contributed by atoms with E-state index in [2.05, 4.69) is 185 Å². The van der Waals surface area contributed by atoms with E-state index in [-0.39, 0.29) is 0 Å². The standard InChI is InChI=1S/C35H50N4P2/c1-36(2)30-20-24-34(25-21-30)40(38(5)6,32-16-11-9-12-17-32)28-15-29-41(39(7)8,33-18-13-10-14-19-33)35-26-22-31(23-27-35)37(3)4/h9-14,16-27,40-41H,15,28-29H2,1-8H3. The Morgan fingerprint density at radius 1 is 0.390 bits per heavy atom. The number of nitrogens with zero attached hydrogens (tertiary/aromatic N) is 4. The summed E-state index contributed by atoms with van der Waals surface area (Å²) in [6.45, 7) is 0. The van der Waals surface area contributed by atoms with Crippen LogP contribution in [-0.4, -0.2) is 78.0 Å². The fourth-order valence-electron chi connectivity index (χ4n) is 6.49. The summed E-state index contributed by atoms with van der Waals surface area (Å²) in [4.78, 5) is 4.37. The first-order valence-electron chi connectivity index (χ1n) is 14.6. The molecule has 0 aromatic heterocycles. The first-order chi connectivity index (χ1) is 19.6. The van der Waals surface area contributed by atoms with Gasteiger partial charge in [-0.2, -0.15) is 0 Å². The van der Waals surface area contributed by atoms with Crippen LogP contribution in [0.4, 0.5) is 11.4 Å². The van der Waals surface area contributed by atoms with Gasteiger partial charge in [0.25, 0.3) is 0 Å². The van der Waals surface area contributed by atoms with Crippen molar-refractivity contribution in [2.45, 2.75) is 6.42 Å². The van der Waals surface area contributed by atoms with Gasteiger partial charge in [-0.05, 0) is 0 Å². The molecule has 0 saturated carbocycles. The van der Waals surface area contributed by atoms with Crippen LogP contribution in [0.2, 0.25) is 0 Å². The zero-order valence-corrected chi connectivity index (χ0v) is 28.3. The van der Waals surface area contributed by atoms with Crippen molar-refractivity contribution in [2.75, 3.05) is 78.5 Å². The molecule has 4 rings (SSSR count). The third-order valence-corrected chi connectivity index (χ3v) is 19.2. The SMILES string of the molecule is CN(C)c1ccc([PH](CCC[PH](c2ccccc2)(c2ccc(N(C)C)cc2)N(C)C)(c2ccccc2)N(C)C)cc1. The van der Waals surface area contributed by atoms with E-state index in [1.807, 2.05) is 0 Å². The molecule has 4 aromatic carbocycles. The minimum atomic E-state index is -2.23. The van der Waals surface area contributed by atoms with Crippen LogP contribution in [-0.2, 0) is 0 Å². The van der Waals surface area contributed by atoms with E-state index in [0.717, 1.165) is 18.7 Å². The van der Waals surface area contributed by atoms with E-state index < -0.39 is 14.8 Å². The van der Waals surface area contributed by atoms with Crippen LogP contribution < -0.4 is 31.0 Å². The van der Waals surface area contributed by atoms with Gasteiger partial charge in [0.2, 0.25) is 0 Å². The Bertz CT molecular complexity index is 1250. The average Bonchev–Trinajstić information content (AvgIpc) is 2.98. The second-order valence-corrected chi connectivity index (χ2v) is 20.5. The molecule has 0 unspecified atom stereocenters. The molecule has 0 radical (unpaired) electrons. The van der Waals surface area contributed by atoms with Crippen molar-refractivity contribution < 1.29 is 0 Å². The van der Waals surface area contributed by atoms with Crippen LogP contribution in [0, 0.1) is 0 Å². The predicted molar refractivity (Wildman–Crippen MR) is 191 cm³/mol. The maximum atomic E-state index is 2.57. The molecule has 0 atom stereocenters. The van der Waals surface area contributed by atoms with Gasteiger partial charge in [-0.3, -0.25) is 0 Å². The monoisotopic (exact) mass is 588 g/mol. The summed E-state index contributed by atoms with van der Waals surface area (Å²) < 4.78 is 5.14. The molecule has 4 nitrogen and oxygen atoms in total. The molecule has 0 N–H and O–H groups in total. The van der Waals surface area contributed by atoms with Gasteiger partial charge in [0.15, 0.2) is 0 Å². The fraction of sp³-hybridized carbons (Fsp3) is 0.314. The van der Waals surface area contributed by atoms with E-state index >= 15 is 0 Å². The van der Waals surface area contributed by atoms with Gasteiger partial charge >= 0.3 is 251 Å². The molecule has 41 heavy (non-hydrogen) atoms. The Kier molecular flexibility index (Phi) is 10.3. The van der Waals surface area contributed by atoms with Gasteiger partial charge in [-0.25, -0.2) is 0 Å². The number of hydrogen-bond donors (Lipinski definition) is 0. The molecule has 0 bridgehead atoms. The minimum absolute atomic E-state index is 1.16. The molecule has 0 aliphatic carbocycles. The second kappa shape index (κ2) is 13.5. The van der Waals surface area contributed by atoms with Gasteiger partial charge in [0, 0.05) is 0 Å². The van der Waals surface area contributed by atoms with E-state index in [1.165, 1.54) is 32.6 Å². The van der Waals surface area contributed by atoms with Gasteiger partial charge in [-0.1, -0.05) is 0 Å². The van der Waals surface area contributed by atoms with Gasteiger partial charge in [0.1, 0.15) is 0 Å². The third-order valence-electron chi connectivity index (χ3n) is 8.83. The van der Waals surface area contributed by atoms with E-state index in [0.29, 0.717) is 0 Å². The molecule has 6 heteroatoms. The second-order valence-electron chi connectivity index (χ2n) is 12.0. The van der Waals surface area contributed by atoms with E-state index in [9.17, 15) is 0 Å². The Labute approximate surface area is 250 Å². The molecular formula is C35H50N4P2. The van der Waals surface area contributed by atoms with Gasteiger partial charge < -0.3 is 0 Å². The van der Waals surface area contributed by atoms with Crippen molar-refractivity contribution in [3.05, 3.63) is 109 Å². The molecule has 4 aromatic rings. The van der Waals surface area contributed by atoms with Crippen molar-refractivity contribution in [1.82, 2.24) is 9.34 Å². The summed E-state index contributed by atoms with van der Waals surface area (Å²) in [6, 6.07) is 41.3. The molecule has 220 valence electrons. The quantitative estimate of drug-likeness (QED) is 0.209. The van der Waals surface area contributed by atoms with Crippen molar-refractivity contribution in [1.29, 1.82) is 0 Å². The summed E-state index contributed by atoms with van der Waals surface area (Å²) in [6.07, 6.45) is 3.48. The summed E-state index contributed by atoms with van der Waals surface area (Å²) in [5, 5.41) is 5.92. The summed E-state index contributed by atoms with van der Waals surface area (Å²) in [5.74, 6) is 0. The zero-order valence-electron chi connectivity index (χ0n) is 26.3. The summed E-state index contributed by atoms with van der Waals surface area (Å²) >= 11 is 0. The normalized spacial score (nSPS) is 12.9. The molecule has 0 amide bonds.